The van der Waals surface area contributed by atoms with Gasteiger partial charge in [-0.1, -0.05) is 78.0 Å². The first-order valence-corrected chi connectivity index (χ1v) is 12.1. The third-order valence-electron chi connectivity index (χ3n) is 5.80. The number of aromatic nitrogens is 3. The van der Waals surface area contributed by atoms with Crippen LogP contribution in [0.15, 0.2) is 42.5 Å². The van der Waals surface area contributed by atoms with Crippen LogP contribution in [0.4, 0.5) is 0 Å². The first-order chi connectivity index (χ1) is 15.8. The zero-order chi connectivity index (χ0) is 23.8. The van der Waals surface area contributed by atoms with Gasteiger partial charge in [0.2, 0.25) is 0 Å². The van der Waals surface area contributed by atoms with Gasteiger partial charge < -0.3 is 9.84 Å². The summed E-state index contributed by atoms with van der Waals surface area (Å²) >= 11 is 0. The molecule has 0 aliphatic rings. The van der Waals surface area contributed by atoms with E-state index in [1.54, 1.807) is 4.80 Å². The molecule has 0 saturated carbocycles. The number of esters is 1. The highest BCUT2D eigenvalue weighted by Gasteiger charge is 2.21. The molecule has 0 aliphatic carbocycles. The number of benzene rings is 2. The highest BCUT2D eigenvalue weighted by Crippen LogP contribution is 2.27. The number of hydrogen-bond donors (Lipinski definition) is 1. The summed E-state index contributed by atoms with van der Waals surface area (Å²) in [4.78, 5) is 14.0. The summed E-state index contributed by atoms with van der Waals surface area (Å²) in [6.07, 6.45) is 5.72. The quantitative estimate of drug-likeness (QED) is 0.307. The highest BCUT2D eigenvalue weighted by molar-refractivity contribution is 5.75. The number of carbonyl (C=O) groups is 1. The predicted molar refractivity (Wildman–Crippen MR) is 132 cm³/mol. The largest absolute Gasteiger partial charge is 0.464 e. The maximum Gasteiger partial charge on any atom is 0.335 e. The Hall–Kier alpha value is -2.73. The first kappa shape index (κ1) is 24.9. The fourth-order valence-corrected chi connectivity index (χ4v) is 3.77. The molecule has 1 aromatic heterocycles. The molecule has 33 heavy (non-hydrogen) atoms. The van der Waals surface area contributed by atoms with Gasteiger partial charge in [-0.2, -0.15) is 4.80 Å². The van der Waals surface area contributed by atoms with Gasteiger partial charge in [0.25, 0.3) is 0 Å². The van der Waals surface area contributed by atoms with Crippen molar-refractivity contribution in [1.29, 1.82) is 0 Å². The third-order valence-corrected chi connectivity index (χ3v) is 5.80. The molecule has 0 aliphatic heterocycles. The molecular weight excluding hydrogens is 414 g/mol. The lowest BCUT2D eigenvalue weighted by Gasteiger charge is -2.21. The molecule has 0 fully saturated rings. The van der Waals surface area contributed by atoms with Crippen molar-refractivity contribution >= 4 is 17.0 Å². The minimum Gasteiger partial charge on any atom is -0.464 e. The maximum absolute atomic E-state index is 12.3. The van der Waals surface area contributed by atoms with Gasteiger partial charge in [0, 0.05) is 6.42 Å². The molecule has 3 rings (SSSR count). The Balaban J connectivity index is 1.69. The number of nitrogens with zero attached hydrogens (tertiary/aromatic N) is 3. The van der Waals surface area contributed by atoms with Crippen molar-refractivity contribution < 1.29 is 14.6 Å². The lowest BCUT2D eigenvalue weighted by molar-refractivity contribution is -0.153. The monoisotopic (exact) mass is 451 g/mol. The van der Waals surface area contributed by atoms with Crippen LogP contribution in [0.5, 0.6) is 0 Å². The van der Waals surface area contributed by atoms with E-state index in [0.717, 1.165) is 47.1 Å². The van der Waals surface area contributed by atoms with Gasteiger partial charge in [0.05, 0.1) is 12.3 Å². The molecule has 0 radical (unpaired) electrons. The first-order valence-electron chi connectivity index (χ1n) is 12.1. The molecule has 1 unspecified atom stereocenters. The van der Waals surface area contributed by atoms with Gasteiger partial charge in [-0.25, -0.2) is 4.79 Å². The van der Waals surface area contributed by atoms with Gasteiger partial charge in [-0.05, 0) is 47.2 Å². The lowest BCUT2D eigenvalue weighted by Crippen LogP contribution is -2.26. The average Bonchev–Trinajstić information content (AvgIpc) is 3.22. The highest BCUT2D eigenvalue weighted by atomic mass is 16.5. The van der Waals surface area contributed by atoms with Crippen molar-refractivity contribution in [2.24, 2.45) is 0 Å². The summed E-state index contributed by atoms with van der Waals surface area (Å²) in [5.74, 6) is -0.561. The summed E-state index contributed by atoms with van der Waals surface area (Å²) in [7, 11) is 0. The fraction of sp³-hybridized carbons (Fsp3) is 0.519. The van der Waals surface area contributed by atoms with E-state index in [2.05, 4.69) is 44.0 Å². The van der Waals surface area contributed by atoms with Crippen LogP contribution in [-0.4, -0.2) is 38.8 Å². The minimum absolute atomic E-state index is 0.111. The molecule has 3 aromatic rings. The second-order valence-corrected chi connectivity index (χ2v) is 9.77. The van der Waals surface area contributed by atoms with Crippen LogP contribution in [0.25, 0.3) is 16.7 Å². The van der Waals surface area contributed by atoms with Crippen molar-refractivity contribution in [1.82, 2.24) is 15.0 Å². The summed E-state index contributed by atoms with van der Waals surface area (Å²) < 4.78 is 5.32. The van der Waals surface area contributed by atoms with Crippen molar-refractivity contribution in [3.8, 4) is 5.69 Å². The molecular formula is C27H37N3O3. The van der Waals surface area contributed by atoms with E-state index < -0.39 is 12.1 Å². The van der Waals surface area contributed by atoms with E-state index in [0.29, 0.717) is 6.61 Å². The summed E-state index contributed by atoms with van der Waals surface area (Å²) in [6.45, 7) is 8.95. The van der Waals surface area contributed by atoms with E-state index in [1.807, 2.05) is 36.4 Å². The van der Waals surface area contributed by atoms with Crippen molar-refractivity contribution in [3.05, 3.63) is 53.6 Å². The Morgan fingerprint density at radius 2 is 1.64 bits per heavy atom. The Bertz CT molecular complexity index is 1020. The molecule has 0 spiro atoms. The van der Waals surface area contributed by atoms with E-state index in [4.69, 9.17) is 4.74 Å². The number of unbranched alkanes of at least 4 members (excludes halogenated alkanes) is 5. The van der Waals surface area contributed by atoms with Gasteiger partial charge in [0.15, 0.2) is 6.10 Å². The van der Waals surface area contributed by atoms with Gasteiger partial charge in [-0.15, -0.1) is 10.2 Å². The molecule has 0 saturated heterocycles. The second kappa shape index (κ2) is 11.4. The predicted octanol–water partition coefficient (Wildman–Crippen LogP) is 5.53. The van der Waals surface area contributed by atoms with Crippen LogP contribution < -0.4 is 0 Å². The van der Waals surface area contributed by atoms with Crippen LogP contribution in [0.3, 0.4) is 0 Å². The van der Waals surface area contributed by atoms with E-state index in [9.17, 15) is 9.90 Å². The van der Waals surface area contributed by atoms with E-state index in [-0.39, 0.29) is 11.8 Å². The molecule has 2 aromatic carbocycles. The van der Waals surface area contributed by atoms with Gasteiger partial charge in [0.1, 0.15) is 11.0 Å². The average molecular weight is 452 g/mol. The SMILES string of the molecule is CCCCCCCCOC(=O)C(O)Cc1cc(-n2nc3ccccc3n2)cc(C(C)(C)C)c1. The van der Waals surface area contributed by atoms with Gasteiger partial charge in [-0.3, -0.25) is 0 Å². The van der Waals surface area contributed by atoms with Crippen molar-refractivity contribution in [2.45, 2.75) is 84.2 Å². The summed E-state index contributed by atoms with van der Waals surface area (Å²) in [5.41, 5.74) is 4.27. The Morgan fingerprint density at radius 3 is 2.27 bits per heavy atom. The molecule has 0 amide bonds. The minimum atomic E-state index is -1.20. The maximum atomic E-state index is 12.3. The van der Waals surface area contributed by atoms with Crippen LogP contribution in [-0.2, 0) is 21.4 Å². The Morgan fingerprint density at radius 1 is 1.00 bits per heavy atom. The van der Waals surface area contributed by atoms with Crippen LogP contribution >= 0.6 is 0 Å². The lowest BCUT2D eigenvalue weighted by atomic mass is 9.85. The van der Waals surface area contributed by atoms with Crippen LogP contribution in [0, 0.1) is 0 Å². The number of carbonyl (C=O) groups excluding carboxylic acids is 1. The fourth-order valence-electron chi connectivity index (χ4n) is 3.77. The number of aliphatic hydroxyl groups is 1. The van der Waals surface area contributed by atoms with Crippen LogP contribution in [0.1, 0.15) is 77.3 Å². The molecule has 6 nitrogen and oxygen atoms in total. The standard InChI is InChI=1S/C27H37N3O3/c1-5-6-7-8-9-12-15-33-26(32)25(31)18-20-16-21(27(2,3)4)19-22(17-20)30-28-23-13-10-11-14-24(23)29-30/h10-11,13-14,16-17,19,25,31H,5-9,12,15,18H2,1-4H3. The number of ether oxygens (including phenoxy) is 1. The molecule has 178 valence electrons. The third kappa shape index (κ3) is 7.13. The van der Waals surface area contributed by atoms with Crippen molar-refractivity contribution in [2.75, 3.05) is 6.61 Å². The zero-order valence-corrected chi connectivity index (χ0v) is 20.4. The molecule has 6 heteroatoms. The topological polar surface area (TPSA) is 77.2 Å². The second-order valence-electron chi connectivity index (χ2n) is 9.77. The normalized spacial score (nSPS) is 12.8. The smallest absolute Gasteiger partial charge is 0.335 e. The molecule has 0 bridgehead atoms. The Labute approximate surface area is 197 Å². The van der Waals surface area contributed by atoms with Gasteiger partial charge >= 0.3 is 5.97 Å². The van der Waals surface area contributed by atoms with E-state index >= 15 is 0 Å². The Kier molecular flexibility index (Phi) is 8.61. The zero-order valence-electron chi connectivity index (χ0n) is 20.4. The van der Waals surface area contributed by atoms with Crippen molar-refractivity contribution in [3.63, 3.8) is 0 Å². The number of fused-ring (bicyclic) bond motifs is 1. The van der Waals surface area contributed by atoms with Crippen LogP contribution in [0.2, 0.25) is 0 Å². The van der Waals surface area contributed by atoms with E-state index in [1.165, 1.54) is 19.3 Å². The number of aliphatic hydroxyl groups excluding tert-OH is 1. The number of rotatable bonds is 11. The summed E-state index contributed by atoms with van der Waals surface area (Å²) in [6, 6.07) is 13.8. The molecule has 1 heterocycles. The molecule has 1 atom stereocenters. The number of hydrogen-bond acceptors (Lipinski definition) is 5. The summed E-state index contributed by atoms with van der Waals surface area (Å²) in [5, 5.41) is 19.7. The molecule has 1 N–H and O–H groups in total.